The lowest BCUT2D eigenvalue weighted by atomic mass is 9.44. The molecule has 4 aliphatic rings. The van der Waals surface area contributed by atoms with E-state index in [9.17, 15) is 18.3 Å². The van der Waals surface area contributed by atoms with Crippen LogP contribution < -0.4 is 0 Å². The van der Waals surface area contributed by atoms with Gasteiger partial charge >= 0.3 is 10.4 Å². The van der Waals surface area contributed by atoms with E-state index in [2.05, 4.69) is 20.8 Å². The summed E-state index contributed by atoms with van der Waals surface area (Å²) in [5.74, 6) is 3.04. The van der Waals surface area contributed by atoms with E-state index in [1.54, 1.807) is 0 Å². The van der Waals surface area contributed by atoms with Crippen LogP contribution in [0.3, 0.4) is 0 Å². The summed E-state index contributed by atoms with van der Waals surface area (Å²) in [6, 6.07) is 0. The van der Waals surface area contributed by atoms with Gasteiger partial charge in [0.15, 0.2) is 0 Å². The smallest absolute Gasteiger partial charge is 0.393 e. The number of hydrogen-bond acceptors (Lipinski definition) is 5. The second kappa shape index (κ2) is 9.42. The van der Waals surface area contributed by atoms with Gasteiger partial charge in [-0.3, -0.25) is 9.35 Å². The Morgan fingerprint density at radius 1 is 1.03 bits per heavy atom. The fraction of sp³-hybridized carbons (Fsp3) is 0.963. The van der Waals surface area contributed by atoms with E-state index in [-0.39, 0.29) is 22.9 Å². The van der Waals surface area contributed by atoms with Crippen molar-refractivity contribution in [2.75, 3.05) is 0 Å². The lowest BCUT2D eigenvalue weighted by Crippen LogP contribution is -2.58. The third kappa shape index (κ3) is 4.76. The van der Waals surface area contributed by atoms with Crippen LogP contribution in [0.15, 0.2) is 0 Å². The van der Waals surface area contributed by atoms with E-state index in [1.807, 2.05) is 13.8 Å². The monoisotopic (exact) mass is 498 g/mol. The largest absolute Gasteiger partial charge is 0.397 e. The summed E-state index contributed by atoms with van der Waals surface area (Å²) in [7, 11) is -4.45. The van der Waals surface area contributed by atoms with Crippen LogP contribution in [0.2, 0.25) is 0 Å². The van der Waals surface area contributed by atoms with Crippen LogP contribution in [0.25, 0.3) is 0 Å². The van der Waals surface area contributed by atoms with Gasteiger partial charge in [0.05, 0.1) is 12.2 Å². The maximum Gasteiger partial charge on any atom is 0.397 e. The van der Waals surface area contributed by atoms with Crippen molar-refractivity contribution in [1.29, 1.82) is 0 Å². The van der Waals surface area contributed by atoms with Crippen molar-refractivity contribution in [3.8, 4) is 0 Å². The van der Waals surface area contributed by atoms with Gasteiger partial charge in [0.1, 0.15) is 5.78 Å². The van der Waals surface area contributed by atoms with Crippen LogP contribution >= 0.6 is 0 Å². The van der Waals surface area contributed by atoms with E-state index in [1.165, 1.54) is 6.42 Å². The van der Waals surface area contributed by atoms with Gasteiger partial charge in [0, 0.05) is 12.8 Å². The summed E-state index contributed by atoms with van der Waals surface area (Å²) < 4.78 is 36.7. The van der Waals surface area contributed by atoms with E-state index in [0.29, 0.717) is 60.6 Å². The molecule has 0 bridgehead atoms. The number of aliphatic hydroxyl groups excluding tert-OH is 1. The Balaban J connectivity index is 1.47. The van der Waals surface area contributed by atoms with Gasteiger partial charge in [0.2, 0.25) is 0 Å². The van der Waals surface area contributed by atoms with Crippen LogP contribution in [0.4, 0.5) is 0 Å². The summed E-state index contributed by atoms with van der Waals surface area (Å²) in [5, 5.41) is 11.4. The second-order valence-electron chi connectivity index (χ2n) is 13.1. The molecule has 4 fully saturated rings. The third-order valence-corrected chi connectivity index (χ3v) is 11.6. The molecule has 0 aliphatic heterocycles. The van der Waals surface area contributed by atoms with Crippen molar-refractivity contribution in [3.63, 3.8) is 0 Å². The predicted molar refractivity (Wildman–Crippen MR) is 131 cm³/mol. The SMILES string of the molecule is CC(C)C(CCC(C)C1CCC2C3C(CCC12C)C1(C)CCC(=O)C[C@@H]1C[C@H]3O)OS(=O)(=O)O. The van der Waals surface area contributed by atoms with Gasteiger partial charge in [-0.15, -0.1) is 0 Å². The zero-order valence-electron chi connectivity index (χ0n) is 21.7. The normalized spacial score (nSPS) is 44.3. The van der Waals surface area contributed by atoms with Gasteiger partial charge in [0.25, 0.3) is 0 Å². The molecule has 0 heterocycles. The molecule has 0 aromatic heterocycles. The average Bonchev–Trinajstić information content (AvgIpc) is 3.08. The van der Waals surface area contributed by atoms with Crippen LogP contribution in [0.5, 0.6) is 0 Å². The van der Waals surface area contributed by atoms with E-state index < -0.39 is 16.5 Å². The van der Waals surface area contributed by atoms with Crippen molar-refractivity contribution in [3.05, 3.63) is 0 Å². The first-order valence-electron chi connectivity index (χ1n) is 13.6. The minimum atomic E-state index is -4.45. The number of aliphatic hydroxyl groups is 1. The number of rotatable bonds is 7. The third-order valence-electron chi connectivity index (χ3n) is 11.2. The zero-order valence-corrected chi connectivity index (χ0v) is 22.5. The van der Waals surface area contributed by atoms with Crippen molar-refractivity contribution >= 4 is 16.2 Å². The molecule has 0 aromatic rings. The molecule has 0 saturated heterocycles. The molecule has 6 nitrogen and oxygen atoms in total. The molecule has 2 N–H and O–H groups in total. The van der Waals surface area contributed by atoms with Gasteiger partial charge in [-0.2, -0.15) is 8.42 Å². The summed E-state index contributed by atoms with van der Waals surface area (Å²) in [6.45, 7) is 11.0. The molecule has 4 saturated carbocycles. The highest BCUT2D eigenvalue weighted by atomic mass is 32.3. The summed E-state index contributed by atoms with van der Waals surface area (Å²) in [4.78, 5) is 12.2. The fourth-order valence-corrected chi connectivity index (χ4v) is 9.90. The fourth-order valence-electron chi connectivity index (χ4n) is 9.27. The van der Waals surface area contributed by atoms with Gasteiger partial charge in [-0.05, 0) is 104 Å². The molecular weight excluding hydrogens is 452 g/mol. The molecule has 8 unspecified atom stereocenters. The molecule has 0 aromatic carbocycles. The quantitative estimate of drug-likeness (QED) is 0.453. The zero-order chi connectivity index (χ0) is 25.1. The van der Waals surface area contributed by atoms with Crippen LogP contribution in [0, 0.1) is 52.3 Å². The Kier molecular flexibility index (Phi) is 7.36. The molecule has 0 amide bonds. The standard InChI is InChI=1S/C27H46O6S/c1-16(2)24(33-34(30,31)32)9-6-17(3)20-7-8-21-25-22(11-13-27(20,21)5)26(4)12-10-19(28)14-18(26)15-23(25)29/h16-18,20-25,29H,6-15H2,1-5H3,(H,30,31,32)/t17?,18-,20?,21?,22?,23-,24?,25?,26?,27?/m1/s1. The average molecular weight is 499 g/mol. The summed E-state index contributed by atoms with van der Waals surface area (Å²) in [5.41, 5.74) is 0.368. The Morgan fingerprint density at radius 3 is 2.35 bits per heavy atom. The van der Waals surface area contributed by atoms with Gasteiger partial charge in [-0.1, -0.05) is 34.6 Å². The van der Waals surface area contributed by atoms with Crippen molar-refractivity contribution in [2.24, 2.45) is 52.3 Å². The first kappa shape index (κ1) is 26.6. The number of hydrogen-bond donors (Lipinski definition) is 2. The van der Waals surface area contributed by atoms with Gasteiger partial charge in [-0.25, -0.2) is 4.18 Å². The predicted octanol–water partition coefficient (Wildman–Crippen LogP) is 5.45. The minimum Gasteiger partial charge on any atom is -0.393 e. The highest BCUT2D eigenvalue weighted by Crippen LogP contribution is 2.68. The maximum atomic E-state index is 12.2. The highest BCUT2D eigenvalue weighted by Gasteiger charge is 2.62. The molecule has 196 valence electrons. The number of Topliss-reactive ketones (excluding diaryl/α,β-unsaturated/α-hetero) is 1. The van der Waals surface area contributed by atoms with Crippen molar-refractivity contribution in [1.82, 2.24) is 0 Å². The number of carbonyl (C=O) groups excluding carboxylic acids is 1. The molecule has 0 spiro atoms. The molecular formula is C27H46O6S. The first-order valence-corrected chi connectivity index (χ1v) is 15.0. The Labute approximate surface area is 206 Å². The topological polar surface area (TPSA) is 101 Å². The number of ketones is 1. The first-order chi connectivity index (χ1) is 15.8. The second-order valence-corrected chi connectivity index (χ2v) is 14.2. The lowest BCUT2D eigenvalue weighted by Gasteiger charge is -2.62. The summed E-state index contributed by atoms with van der Waals surface area (Å²) >= 11 is 0. The Hall–Kier alpha value is -0.500. The van der Waals surface area contributed by atoms with Crippen molar-refractivity contribution < 1.29 is 27.1 Å². The molecule has 10 atom stereocenters. The molecule has 0 radical (unpaired) electrons. The van der Waals surface area contributed by atoms with E-state index >= 15 is 0 Å². The molecule has 4 aliphatic carbocycles. The van der Waals surface area contributed by atoms with E-state index in [0.717, 1.165) is 38.5 Å². The summed E-state index contributed by atoms with van der Waals surface area (Å²) in [6.07, 6.45) is 8.40. The van der Waals surface area contributed by atoms with Crippen molar-refractivity contribution in [2.45, 2.75) is 111 Å². The number of carbonyl (C=O) groups is 1. The van der Waals surface area contributed by atoms with Crippen LogP contribution in [-0.2, 0) is 19.4 Å². The molecule has 7 heteroatoms. The molecule has 34 heavy (non-hydrogen) atoms. The van der Waals surface area contributed by atoms with Gasteiger partial charge < -0.3 is 5.11 Å². The Morgan fingerprint density at radius 2 is 1.71 bits per heavy atom. The lowest BCUT2D eigenvalue weighted by molar-refractivity contribution is -0.169. The van der Waals surface area contributed by atoms with Crippen LogP contribution in [0.1, 0.15) is 98.8 Å². The minimum absolute atomic E-state index is 0.00456. The maximum absolute atomic E-state index is 12.2. The molecule has 4 rings (SSSR count). The van der Waals surface area contributed by atoms with Crippen LogP contribution in [-0.4, -0.2) is 36.1 Å². The Bertz CT molecular complexity index is 870. The highest BCUT2D eigenvalue weighted by molar-refractivity contribution is 7.80. The number of fused-ring (bicyclic) bond motifs is 5. The van der Waals surface area contributed by atoms with E-state index in [4.69, 9.17) is 8.74 Å².